The summed E-state index contributed by atoms with van der Waals surface area (Å²) in [6, 6.07) is 13.3. The quantitative estimate of drug-likeness (QED) is 0.577. The molecule has 8 heteroatoms. The molecular formula is C19H18Cl2N4OS. The molecule has 2 aromatic carbocycles. The van der Waals surface area contributed by atoms with Gasteiger partial charge in [0.15, 0.2) is 5.16 Å². The summed E-state index contributed by atoms with van der Waals surface area (Å²) in [6.07, 6.45) is 2.37. The second kappa shape index (κ2) is 9.26. The SMILES string of the molecule is Cc1ccc(-n2cnnc2SCC(=O)NCCc2ccc(Cl)cc2)cc1Cl. The molecule has 1 N–H and O–H groups in total. The van der Waals surface area contributed by atoms with E-state index in [1.165, 1.54) is 11.8 Å². The number of carbonyl (C=O) groups is 1. The van der Waals surface area contributed by atoms with Gasteiger partial charge >= 0.3 is 0 Å². The Morgan fingerprint density at radius 1 is 1.19 bits per heavy atom. The number of hydrogen-bond acceptors (Lipinski definition) is 4. The van der Waals surface area contributed by atoms with Gasteiger partial charge in [0.2, 0.25) is 5.91 Å². The second-order valence-electron chi connectivity index (χ2n) is 5.93. The minimum absolute atomic E-state index is 0.0505. The van der Waals surface area contributed by atoms with E-state index in [4.69, 9.17) is 23.2 Å². The van der Waals surface area contributed by atoms with Gasteiger partial charge in [-0.05, 0) is 48.7 Å². The normalized spacial score (nSPS) is 10.8. The fourth-order valence-electron chi connectivity index (χ4n) is 2.41. The van der Waals surface area contributed by atoms with E-state index in [9.17, 15) is 4.79 Å². The van der Waals surface area contributed by atoms with Gasteiger partial charge < -0.3 is 5.32 Å². The molecule has 1 heterocycles. The summed E-state index contributed by atoms with van der Waals surface area (Å²) in [4.78, 5) is 12.1. The average Bonchev–Trinajstić information content (AvgIpc) is 3.12. The molecule has 140 valence electrons. The number of aromatic nitrogens is 3. The molecule has 3 aromatic rings. The van der Waals surface area contributed by atoms with Crippen molar-refractivity contribution in [2.75, 3.05) is 12.3 Å². The molecule has 0 aliphatic carbocycles. The molecule has 0 saturated carbocycles. The standard InChI is InChI=1S/C19H18Cl2N4OS/c1-13-2-7-16(10-17(13)21)25-12-23-24-19(25)27-11-18(26)22-9-8-14-3-5-15(20)6-4-14/h2-7,10,12H,8-9,11H2,1H3,(H,22,26). The van der Waals surface area contributed by atoms with Crippen LogP contribution in [0.15, 0.2) is 53.9 Å². The first-order chi connectivity index (χ1) is 13.0. The number of rotatable bonds is 7. The molecule has 0 spiro atoms. The Labute approximate surface area is 172 Å². The van der Waals surface area contributed by atoms with Crippen molar-refractivity contribution >= 4 is 40.9 Å². The number of benzene rings is 2. The van der Waals surface area contributed by atoms with Crippen LogP contribution in [-0.4, -0.2) is 33.0 Å². The average molecular weight is 421 g/mol. The lowest BCUT2D eigenvalue weighted by atomic mass is 10.1. The predicted molar refractivity (Wildman–Crippen MR) is 110 cm³/mol. The van der Waals surface area contributed by atoms with Crippen molar-refractivity contribution in [3.05, 3.63) is 70.0 Å². The molecule has 0 saturated heterocycles. The number of carbonyl (C=O) groups excluding carboxylic acids is 1. The van der Waals surface area contributed by atoms with Gasteiger partial charge in [-0.15, -0.1) is 10.2 Å². The van der Waals surface area contributed by atoms with Crippen LogP contribution in [0.4, 0.5) is 0 Å². The van der Waals surface area contributed by atoms with Crippen LogP contribution in [0.3, 0.4) is 0 Å². The number of nitrogens with zero attached hydrogens (tertiary/aromatic N) is 3. The smallest absolute Gasteiger partial charge is 0.230 e. The van der Waals surface area contributed by atoms with E-state index in [0.717, 1.165) is 23.2 Å². The van der Waals surface area contributed by atoms with Crippen LogP contribution < -0.4 is 5.32 Å². The first-order valence-electron chi connectivity index (χ1n) is 8.33. The number of aryl methyl sites for hydroxylation is 1. The lowest BCUT2D eigenvalue weighted by Gasteiger charge is -2.08. The van der Waals surface area contributed by atoms with Crippen molar-refractivity contribution < 1.29 is 4.79 Å². The van der Waals surface area contributed by atoms with Gasteiger partial charge in [-0.3, -0.25) is 9.36 Å². The van der Waals surface area contributed by atoms with Crippen molar-refractivity contribution in [3.63, 3.8) is 0 Å². The van der Waals surface area contributed by atoms with Gasteiger partial charge in [-0.1, -0.05) is 53.2 Å². The van der Waals surface area contributed by atoms with Crippen molar-refractivity contribution in [2.45, 2.75) is 18.5 Å². The molecule has 0 unspecified atom stereocenters. The van der Waals surface area contributed by atoms with E-state index in [2.05, 4.69) is 15.5 Å². The fraction of sp³-hybridized carbons (Fsp3) is 0.211. The number of nitrogens with one attached hydrogen (secondary N) is 1. The molecule has 0 fully saturated rings. The lowest BCUT2D eigenvalue weighted by Crippen LogP contribution is -2.27. The Morgan fingerprint density at radius 3 is 2.70 bits per heavy atom. The third kappa shape index (κ3) is 5.48. The molecule has 5 nitrogen and oxygen atoms in total. The van der Waals surface area contributed by atoms with Crippen LogP contribution in [0, 0.1) is 6.92 Å². The topological polar surface area (TPSA) is 59.8 Å². The zero-order chi connectivity index (χ0) is 19.2. The van der Waals surface area contributed by atoms with Crippen LogP contribution in [0.25, 0.3) is 5.69 Å². The summed E-state index contributed by atoms with van der Waals surface area (Å²) in [5.41, 5.74) is 2.99. The number of thioether (sulfide) groups is 1. The van der Waals surface area contributed by atoms with Gasteiger partial charge in [-0.2, -0.15) is 0 Å². The molecule has 0 aliphatic rings. The summed E-state index contributed by atoms with van der Waals surface area (Å²) >= 11 is 13.4. The summed E-state index contributed by atoms with van der Waals surface area (Å²) in [6.45, 7) is 2.52. The Bertz CT molecular complexity index is 928. The maximum atomic E-state index is 12.1. The van der Waals surface area contributed by atoms with Crippen LogP contribution in [-0.2, 0) is 11.2 Å². The highest BCUT2D eigenvalue weighted by Gasteiger charge is 2.11. The minimum atomic E-state index is -0.0505. The van der Waals surface area contributed by atoms with E-state index in [-0.39, 0.29) is 11.7 Å². The Hall–Kier alpha value is -2.02. The first kappa shape index (κ1) is 19.7. The molecule has 1 aromatic heterocycles. The third-order valence-corrected chi connectivity index (χ3v) is 5.53. The maximum absolute atomic E-state index is 12.1. The van der Waals surface area contributed by atoms with E-state index in [0.29, 0.717) is 21.7 Å². The van der Waals surface area contributed by atoms with Crippen LogP contribution in [0.5, 0.6) is 0 Å². The van der Waals surface area contributed by atoms with Gasteiger partial charge in [0.25, 0.3) is 0 Å². The van der Waals surface area contributed by atoms with Gasteiger partial charge in [-0.25, -0.2) is 0 Å². The zero-order valence-corrected chi connectivity index (χ0v) is 17.0. The summed E-state index contributed by atoms with van der Waals surface area (Å²) < 4.78 is 1.82. The Morgan fingerprint density at radius 2 is 1.96 bits per heavy atom. The molecule has 1 amide bonds. The molecule has 0 aliphatic heterocycles. The van der Waals surface area contributed by atoms with Gasteiger partial charge in [0.1, 0.15) is 6.33 Å². The summed E-state index contributed by atoms with van der Waals surface area (Å²) in [5, 5.41) is 13.0. The second-order valence-corrected chi connectivity index (χ2v) is 7.72. The zero-order valence-electron chi connectivity index (χ0n) is 14.7. The highest BCUT2D eigenvalue weighted by atomic mass is 35.5. The largest absolute Gasteiger partial charge is 0.355 e. The highest BCUT2D eigenvalue weighted by molar-refractivity contribution is 7.99. The predicted octanol–water partition coefficient (Wildman–Crippen LogP) is 4.33. The van der Waals surface area contributed by atoms with E-state index >= 15 is 0 Å². The van der Waals surface area contributed by atoms with Gasteiger partial charge in [0.05, 0.1) is 11.4 Å². The third-order valence-electron chi connectivity index (χ3n) is 3.93. The molecule has 27 heavy (non-hydrogen) atoms. The van der Waals surface area contributed by atoms with Crippen molar-refractivity contribution in [3.8, 4) is 5.69 Å². The monoisotopic (exact) mass is 420 g/mol. The van der Waals surface area contributed by atoms with Crippen LogP contribution >= 0.6 is 35.0 Å². The Kier molecular flexibility index (Phi) is 6.77. The van der Waals surface area contributed by atoms with Crippen molar-refractivity contribution in [2.24, 2.45) is 0 Å². The minimum Gasteiger partial charge on any atom is -0.355 e. The number of amides is 1. The molecule has 3 rings (SSSR count). The first-order valence-corrected chi connectivity index (χ1v) is 10.1. The van der Waals surface area contributed by atoms with Crippen molar-refractivity contribution in [1.82, 2.24) is 20.1 Å². The summed E-state index contributed by atoms with van der Waals surface area (Å²) in [5.74, 6) is 0.212. The number of hydrogen-bond donors (Lipinski definition) is 1. The van der Waals surface area contributed by atoms with Gasteiger partial charge in [0, 0.05) is 16.6 Å². The van der Waals surface area contributed by atoms with Crippen molar-refractivity contribution in [1.29, 1.82) is 0 Å². The van der Waals surface area contributed by atoms with E-state index < -0.39 is 0 Å². The lowest BCUT2D eigenvalue weighted by molar-refractivity contribution is -0.118. The summed E-state index contributed by atoms with van der Waals surface area (Å²) in [7, 11) is 0. The molecule has 0 radical (unpaired) electrons. The molecule has 0 bridgehead atoms. The number of halogens is 2. The maximum Gasteiger partial charge on any atom is 0.230 e. The van der Waals surface area contributed by atoms with Crippen LogP contribution in [0.2, 0.25) is 10.0 Å². The molecule has 0 atom stereocenters. The van der Waals surface area contributed by atoms with E-state index in [1.54, 1.807) is 6.33 Å². The van der Waals surface area contributed by atoms with Crippen LogP contribution in [0.1, 0.15) is 11.1 Å². The highest BCUT2D eigenvalue weighted by Crippen LogP contribution is 2.23. The Balaban J connectivity index is 1.51. The fourth-order valence-corrected chi connectivity index (χ4v) is 3.47. The van der Waals surface area contributed by atoms with E-state index in [1.807, 2.05) is 54.0 Å². The molecular weight excluding hydrogens is 403 g/mol.